The largest absolute Gasteiger partial charge is 0.464 e. The predicted molar refractivity (Wildman–Crippen MR) is 61.2 cm³/mol. The Morgan fingerprint density at radius 2 is 2.12 bits per heavy atom. The molecular weight excluding hydrogens is 210 g/mol. The topological polar surface area (TPSA) is 67.8 Å². The number of aliphatic hydroxyl groups is 1. The molecule has 2 N–H and O–H groups in total. The number of esters is 1. The van der Waals surface area contributed by atoms with Gasteiger partial charge in [0.2, 0.25) is 0 Å². The zero-order valence-electron chi connectivity index (χ0n) is 10.4. The molecule has 1 unspecified atom stereocenters. The van der Waals surface area contributed by atoms with Gasteiger partial charge in [0, 0.05) is 12.1 Å². The monoisotopic (exact) mass is 233 g/mol. The second-order valence-corrected chi connectivity index (χ2v) is 3.86. The number of nitrogens with one attached hydrogen (secondary N) is 1. The summed E-state index contributed by atoms with van der Waals surface area (Å²) in [5.41, 5.74) is -0.271. The minimum Gasteiger partial charge on any atom is -0.464 e. The highest BCUT2D eigenvalue weighted by Crippen LogP contribution is 2.06. The van der Waals surface area contributed by atoms with Gasteiger partial charge >= 0.3 is 5.97 Å². The van der Waals surface area contributed by atoms with Crippen LogP contribution in [0.25, 0.3) is 0 Å². The lowest BCUT2D eigenvalue weighted by Crippen LogP contribution is -2.46. The van der Waals surface area contributed by atoms with E-state index in [1.807, 2.05) is 13.8 Å². The van der Waals surface area contributed by atoms with Gasteiger partial charge in [-0.3, -0.25) is 0 Å². The van der Waals surface area contributed by atoms with Gasteiger partial charge in [-0.2, -0.15) is 0 Å². The van der Waals surface area contributed by atoms with E-state index in [1.165, 1.54) is 0 Å². The molecule has 0 aromatic rings. The van der Waals surface area contributed by atoms with Crippen LogP contribution in [0.4, 0.5) is 0 Å². The summed E-state index contributed by atoms with van der Waals surface area (Å²) in [6, 6.07) is 0. The maximum atomic E-state index is 10.9. The zero-order chi connectivity index (χ0) is 12.4. The third-order valence-electron chi connectivity index (χ3n) is 2.45. The smallest absolute Gasteiger partial charge is 0.332 e. The van der Waals surface area contributed by atoms with Crippen molar-refractivity contribution in [2.24, 2.45) is 0 Å². The van der Waals surface area contributed by atoms with Crippen LogP contribution in [-0.2, 0) is 14.3 Å². The maximum absolute atomic E-state index is 10.9. The van der Waals surface area contributed by atoms with Gasteiger partial charge in [-0.25, -0.2) is 4.79 Å². The average molecular weight is 233 g/mol. The number of hydrogen-bond acceptors (Lipinski definition) is 5. The van der Waals surface area contributed by atoms with E-state index in [2.05, 4.69) is 5.32 Å². The Balaban J connectivity index is 3.49. The van der Waals surface area contributed by atoms with Crippen molar-refractivity contribution in [1.29, 1.82) is 0 Å². The minimum atomic E-state index is -0.345. The Morgan fingerprint density at radius 3 is 2.62 bits per heavy atom. The summed E-state index contributed by atoms with van der Waals surface area (Å²) >= 11 is 0. The van der Waals surface area contributed by atoms with Gasteiger partial charge in [-0.05, 0) is 20.3 Å². The fraction of sp³-hybridized carbons (Fsp3) is 0.909. The quantitative estimate of drug-likeness (QED) is 0.443. The maximum Gasteiger partial charge on any atom is 0.332 e. The molecule has 0 fully saturated rings. The van der Waals surface area contributed by atoms with E-state index in [4.69, 9.17) is 14.6 Å². The second-order valence-electron chi connectivity index (χ2n) is 3.86. The van der Waals surface area contributed by atoms with Crippen LogP contribution in [0.5, 0.6) is 0 Å². The number of hydrogen-bond donors (Lipinski definition) is 2. The molecule has 0 amide bonds. The molecule has 5 nitrogen and oxygen atoms in total. The number of carbonyl (C=O) groups excluding carboxylic acids is 1. The third-order valence-corrected chi connectivity index (χ3v) is 2.45. The van der Waals surface area contributed by atoms with Crippen molar-refractivity contribution in [2.45, 2.75) is 32.7 Å². The highest BCUT2D eigenvalue weighted by Gasteiger charge is 2.19. The Kier molecular flexibility index (Phi) is 8.15. The van der Waals surface area contributed by atoms with Gasteiger partial charge in [-0.1, -0.05) is 6.92 Å². The van der Waals surface area contributed by atoms with Crippen molar-refractivity contribution in [1.82, 2.24) is 5.32 Å². The van der Waals surface area contributed by atoms with Gasteiger partial charge in [0.15, 0.2) is 0 Å². The Hall–Kier alpha value is -0.650. The average Bonchev–Trinajstić information content (AvgIpc) is 2.28. The fourth-order valence-corrected chi connectivity index (χ4v) is 1.08. The molecule has 0 saturated heterocycles. The van der Waals surface area contributed by atoms with Crippen LogP contribution in [0, 0.1) is 0 Å². The van der Waals surface area contributed by atoms with Crippen LogP contribution >= 0.6 is 0 Å². The van der Waals surface area contributed by atoms with Crippen LogP contribution in [0.1, 0.15) is 27.2 Å². The molecule has 5 heteroatoms. The van der Waals surface area contributed by atoms with Crippen LogP contribution in [0.15, 0.2) is 0 Å². The Morgan fingerprint density at radius 1 is 1.44 bits per heavy atom. The summed E-state index contributed by atoms with van der Waals surface area (Å²) in [5.74, 6) is -0.345. The summed E-state index contributed by atoms with van der Waals surface area (Å²) in [6.07, 6.45) is 0.835. The molecular formula is C11H23NO4. The molecule has 0 radical (unpaired) electrons. The lowest BCUT2D eigenvalue weighted by atomic mass is 10.0. The molecule has 0 saturated carbocycles. The van der Waals surface area contributed by atoms with E-state index in [-0.39, 0.29) is 24.7 Å². The summed E-state index contributed by atoms with van der Waals surface area (Å²) in [6.45, 7) is 7.17. The molecule has 0 aliphatic heterocycles. The SMILES string of the molecule is CCOC(=O)COCCNC(C)(CC)CO. The van der Waals surface area contributed by atoms with E-state index in [1.54, 1.807) is 6.92 Å². The third kappa shape index (κ3) is 6.76. The summed E-state index contributed by atoms with van der Waals surface area (Å²) in [4.78, 5) is 10.9. The van der Waals surface area contributed by atoms with Gasteiger partial charge < -0.3 is 19.9 Å². The summed E-state index contributed by atoms with van der Waals surface area (Å²) < 4.78 is 9.82. The van der Waals surface area contributed by atoms with Gasteiger partial charge in [0.1, 0.15) is 6.61 Å². The molecule has 0 heterocycles. The van der Waals surface area contributed by atoms with E-state index >= 15 is 0 Å². The van der Waals surface area contributed by atoms with Gasteiger partial charge in [-0.15, -0.1) is 0 Å². The molecule has 0 rings (SSSR count). The number of rotatable bonds is 9. The van der Waals surface area contributed by atoms with Crippen molar-refractivity contribution in [2.75, 3.05) is 33.0 Å². The lowest BCUT2D eigenvalue weighted by molar-refractivity contribution is -0.148. The molecule has 0 aromatic heterocycles. The van der Waals surface area contributed by atoms with Crippen LogP contribution in [0.2, 0.25) is 0 Å². The van der Waals surface area contributed by atoms with Crippen molar-refractivity contribution in [3.05, 3.63) is 0 Å². The number of carbonyl (C=O) groups is 1. The molecule has 96 valence electrons. The lowest BCUT2D eigenvalue weighted by Gasteiger charge is -2.27. The Labute approximate surface area is 97.1 Å². The van der Waals surface area contributed by atoms with Crippen molar-refractivity contribution in [3.8, 4) is 0 Å². The Bertz CT molecular complexity index is 192. The van der Waals surface area contributed by atoms with Crippen molar-refractivity contribution in [3.63, 3.8) is 0 Å². The normalized spacial score (nSPS) is 14.5. The molecule has 0 aliphatic carbocycles. The first-order valence-electron chi connectivity index (χ1n) is 5.67. The second kappa shape index (κ2) is 8.50. The van der Waals surface area contributed by atoms with Crippen LogP contribution < -0.4 is 5.32 Å². The molecule has 1 atom stereocenters. The van der Waals surface area contributed by atoms with E-state index in [0.717, 1.165) is 6.42 Å². The summed E-state index contributed by atoms with van der Waals surface area (Å²) in [5, 5.41) is 12.3. The number of ether oxygens (including phenoxy) is 2. The molecule has 0 aromatic carbocycles. The minimum absolute atomic E-state index is 0.0164. The van der Waals surface area contributed by atoms with Crippen LogP contribution in [-0.4, -0.2) is 49.6 Å². The van der Waals surface area contributed by atoms with E-state index in [9.17, 15) is 4.79 Å². The molecule has 0 bridgehead atoms. The first-order chi connectivity index (χ1) is 7.58. The van der Waals surface area contributed by atoms with Gasteiger partial charge in [0.25, 0.3) is 0 Å². The predicted octanol–water partition coefficient (Wildman–Crippen LogP) is 0.317. The fourth-order valence-electron chi connectivity index (χ4n) is 1.08. The first kappa shape index (κ1) is 15.3. The molecule has 0 aliphatic rings. The zero-order valence-corrected chi connectivity index (χ0v) is 10.4. The molecule has 16 heavy (non-hydrogen) atoms. The van der Waals surface area contributed by atoms with E-state index < -0.39 is 0 Å². The standard InChI is InChI=1S/C11H23NO4/c1-4-11(3,9-13)12-6-7-15-8-10(14)16-5-2/h12-13H,4-9H2,1-3H3. The summed E-state index contributed by atoms with van der Waals surface area (Å²) in [7, 11) is 0. The highest BCUT2D eigenvalue weighted by atomic mass is 16.6. The van der Waals surface area contributed by atoms with E-state index in [0.29, 0.717) is 19.8 Å². The molecule has 0 spiro atoms. The van der Waals surface area contributed by atoms with Gasteiger partial charge in [0.05, 0.1) is 19.8 Å². The van der Waals surface area contributed by atoms with Crippen LogP contribution in [0.3, 0.4) is 0 Å². The van der Waals surface area contributed by atoms with Crippen molar-refractivity contribution < 1.29 is 19.4 Å². The highest BCUT2D eigenvalue weighted by molar-refractivity contribution is 5.70. The van der Waals surface area contributed by atoms with Crippen molar-refractivity contribution >= 4 is 5.97 Å². The first-order valence-corrected chi connectivity index (χ1v) is 5.67. The number of aliphatic hydroxyl groups excluding tert-OH is 1.